The first-order valence-electron chi connectivity index (χ1n) is 5.00. The zero-order valence-corrected chi connectivity index (χ0v) is 9.70. The summed E-state index contributed by atoms with van der Waals surface area (Å²) in [6.07, 6.45) is 0.696. The Morgan fingerprint density at radius 1 is 1.40 bits per heavy atom. The highest BCUT2D eigenvalue weighted by atomic mass is 35.5. The van der Waals surface area contributed by atoms with Gasteiger partial charge in [-0.3, -0.25) is 0 Å². The van der Waals surface area contributed by atoms with Gasteiger partial charge in [0.15, 0.2) is 5.15 Å². The minimum absolute atomic E-state index is 0.164. The van der Waals surface area contributed by atoms with E-state index in [9.17, 15) is 0 Å². The summed E-state index contributed by atoms with van der Waals surface area (Å²) in [6.45, 7) is 4.35. The van der Waals surface area contributed by atoms with Gasteiger partial charge in [0.25, 0.3) is 0 Å². The molecular formula is C10H16ClN3O. The van der Waals surface area contributed by atoms with E-state index < -0.39 is 0 Å². The number of aliphatic hydroxyl groups is 1. The van der Waals surface area contributed by atoms with Crippen LogP contribution in [0.1, 0.15) is 20.3 Å². The summed E-state index contributed by atoms with van der Waals surface area (Å²) in [6, 6.07) is 3.67. The van der Waals surface area contributed by atoms with Crippen molar-refractivity contribution in [1.82, 2.24) is 10.2 Å². The molecule has 0 radical (unpaired) electrons. The Balaban J connectivity index is 2.61. The molecule has 0 fully saturated rings. The summed E-state index contributed by atoms with van der Waals surface area (Å²) < 4.78 is 0. The van der Waals surface area contributed by atoms with Crippen LogP contribution >= 0.6 is 11.6 Å². The van der Waals surface area contributed by atoms with Gasteiger partial charge < -0.3 is 10.4 Å². The zero-order valence-electron chi connectivity index (χ0n) is 8.94. The molecule has 0 bridgehead atoms. The number of hydrogen-bond donors (Lipinski definition) is 2. The van der Waals surface area contributed by atoms with E-state index in [1.54, 1.807) is 12.1 Å². The summed E-state index contributed by atoms with van der Waals surface area (Å²) in [4.78, 5) is 0. The molecule has 0 saturated carbocycles. The Morgan fingerprint density at radius 2 is 2.13 bits per heavy atom. The van der Waals surface area contributed by atoms with Crippen molar-refractivity contribution in [2.75, 3.05) is 11.9 Å². The van der Waals surface area contributed by atoms with Crippen LogP contribution in [0.25, 0.3) is 0 Å². The molecule has 0 spiro atoms. The molecule has 0 aliphatic heterocycles. The van der Waals surface area contributed by atoms with Gasteiger partial charge in [-0.05, 0) is 24.5 Å². The molecule has 1 rings (SSSR count). The van der Waals surface area contributed by atoms with Crippen LogP contribution in [0.4, 0.5) is 5.82 Å². The Bertz CT molecular complexity index is 289. The summed E-state index contributed by atoms with van der Waals surface area (Å²) in [5, 5.41) is 20.2. The van der Waals surface area contributed by atoms with Crippen molar-refractivity contribution in [3.8, 4) is 0 Å². The van der Waals surface area contributed by atoms with Crippen LogP contribution in [-0.4, -0.2) is 28.0 Å². The molecule has 4 nitrogen and oxygen atoms in total. The van der Waals surface area contributed by atoms with Crippen molar-refractivity contribution >= 4 is 17.4 Å². The van der Waals surface area contributed by atoms with E-state index in [4.69, 9.17) is 16.7 Å². The summed E-state index contributed by atoms with van der Waals surface area (Å²) in [7, 11) is 0. The number of aliphatic hydroxyl groups excluding tert-OH is 1. The molecule has 2 N–H and O–H groups in total. The molecule has 1 aromatic rings. The molecule has 84 valence electrons. The predicted octanol–water partition coefficient (Wildman–Crippen LogP) is 1.95. The van der Waals surface area contributed by atoms with Crippen LogP contribution in [-0.2, 0) is 0 Å². The fraction of sp³-hybridized carbons (Fsp3) is 0.600. The lowest BCUT2D eigenvalue weighted by Gasteiger charge is -2.21. The van der Waals surface area contributed by atoms with E-state index in [1.165, 1.54) is 0 Å². The second-order valence-corrected chi connectivity index (χ2v) is 4.14. The van der Waals surface area contributed by atoms with Gasteiger partial charge in [0, 0.05) is 12.6 Å². The highest BCUT2D eigenvalue weighted by molar-refractivity contribution is 6.29. The van der Waals surface area contributed by atoms with Crippen LogP contribution in [0.2, 0.25) is 5.15 Å². The maximum atomic E-state index is 8.91. The fourth-order valence-electron chi connectivity index (χ4n) is 1.29. The molecule has 5 heteroatoms. The minimum Gasteiger partial charge on any atom is -0.396 e. The van der Waals surface area contributed by atoms with Crippen molar-refractivity contribution in [3.05, 3.63) is 17.3 Å². The van der Waals surface area contributed by atoms with E-state index in [0.717, 1.165) is 0 Å². The molecule has 0 amide bonds. The molecule has 15 heavy (non-hydrogen) atoms. The first kappa shape index (κ1) is 12.2. The monoisotopic (exact) mass is 229 g/mol. The maximum absolute atomic E-state index is 8.91. The molecule has 0 aromatic carbocycles. The van der Waals surface area contributed by atoms with Gasteiger partial charge in [0.05, 0.1) is 0 Å². The number of nitrogens with one attached hydrogen (secondary N) is 1. The van der Waals surface area contributed by atoms with Crippen molar-refractivity contribution in [2.24, 2.45) is 5.92 Å². The molecular weight excluding hydrogens is 214 g/mol. The average molecular weight is 230 g/mol. The SMILES string of the molecule is CC(C)C(CCO)Nc1ccc(Cl)nn1. The van der Waals surface area contributed by atoms with Crippen molar-refractivity contribution in [1.29, 1.82) is 0 Å². The van der Waals surface area contributed by atoms with Crippen LogP contribution in [0, 0.1) is 5.92 Å². The van der Waals surface area contributed by atoms with Crippen molar-refractivity contribution < 1.29 is 5.11 Å². The standard InChI is InChI=1S/C10H16ClN3O/c1-7(2)8(5-6-15)12-10-4-3-9(11)13-14-10/h3-4,7-8,15H,5-6H2,1-2H3,(H,12,14). The topological polar surface area (TPSA) is 58.0 Å². The van der Waals surface area contributed by atoms with E-state index >= 15 is 0 Å². The van der Waals surface area contributed by atoms with Crippen LogP contribution in [0.3, 0.4) is 0 Å². The first-order valence-corrected chi connectivity index (χ1v) is 5.38. The van der Waals surface area contributed by atoms with Crippen molar-refractivity contribution in [2.45, 2.75) is 26.3 Å². The number of anilines is 1. The minimum atomic E-state index is 0.164. The second kappa shape index (κ2) is 5.88. The maximum Gasteiger partial charge on any atom is 0.151 e. The average Bonchev–Trinajstić information content (AvgIpc) is 2.20. The molecule has 0 saturated heterocycles. The Morgan fingerprint density at radius 3 is 2.60 bits per heavy atom. The van der Waals surface area contributed by atoms with Crippen LogP contribution in [0.15, 0.2) is 12.1 Å². The van der Waals surface area contributed by atoms with Crippen molar-refractivity contribution in [3.63, 3.8) is 0 Å². The largest absolute Gasteiger partial charge is 0.396 e. The van der Waals surface area contributed by atoms with Gasteiger partial charge in [-0.2, -0.15) is 0 Å². The molecule has 1 heterocycles. The van der Waals surface area contributed by atoms with Gasteiger partial charge >= 0.3 is 0 Å². The summed E-state index contributed by atoms with van der Waals surface area (Å²) >= 11 is 5.63. The third-order valence-electron chi connectivity index (χ3n) is 2.21. The van der Waals surface area contributed by atoms with E-state index in [0.29, 0.717) is 23.3 Å². The zero-order chi connectivity index (χ0) is 11.3. The molecule has 1 atom stereocenters. The van der Waals surface area contributed by atoms with Gasteiger partial charge in [0.1, 0.15) is 5.82 Å². The first-order chi connectivity index (χ1) is 7.13. The number of nitrogens with zero attached hydrogens (tertiary/aromatic N) is 2. The normalized spacial score (nSPS) is 12.9. The van der Waals surface area contributed by atoms with Gasteiger partial charge in [-0.1, -0.05) is 25.4 Å². The lowest BCUT2D eigenvalue weighted by Crippen LogP contribution is -2.27. The van der Waals surface area contributed by atoms with E-state index in [-0.39, 0.29) is 12.6 Å². The van der Waals surface area contributed by atoms with Gasteiger partial charge in [-0.15, -0.1) is 10.2 Å². The molecule has 0 aliphatic rings. The molecule has 1 aromatic heterocycles. The summed E-state index contributed by atoms with van der Waals surface area (Å²) in [5.74, 6) is 1.11. The highest BCUT2D eigenvalue weighted by Gasteiger charge is 2.12. The Kier molecular flexibility index (Phi) is 4.78. The number of hydrogen-bond acceptors (Lipinski definition) is 4. The Labute approximate surface area is 94.7 Å². The lowest BCUT2D eigenvalue weighted by molar-refractivity contribution is 0.267. The van der Waals surface area contributed by atoms with E-state index in [1.807, 2.05) is 0 Å². The fourth-order valence-corrected chi connectivity index (χ4v) is 1.39. The lowest BCUT2D eigenvalue weighted by atomic mass is 10.0. The smallest absolute Gasteiger partial charge is 0.151 e. The molecule has 1 unspecified atom stereocenters. The second-order valence-electron chi connectivity index (χ2n) is 3.75. The number of rotatable bonds is 5. The molecule has 0 aliphatic carbocycles. The Hall–Kier alpha value is -0.870. The number of halogens is 1. The third-order valence-corrected chi connectivity index (χ3v) is 2.41. The van der Waals surface area contributed by atoms with E-state index in [2.05, 4.69) is 29.4 Å². The van der Waals surface area contributed by atoms with Crippen LogP contribution in [0.5, 0.6) is 0 Å². The summed E-state index contributed by atoms with van der Waals surface area (Å²) in [5.41, 5.74) is 0. The highest BCUT2D eigenvalue weighted by Crippen LogP contribution is 2.13. The van der Waals surface area contributed by atoms with Gasteiger partial charge in [-0.25, -0.2) is 0 Å². The number of aromatic nitrogens is 2. The van der Waals surface area contributed by atoms with Crippen LogP contribution < -0.4 is 5.32 Å². The van der Waals surface area contributed by atoms with Gasteiger partial charge in [0.2, 0.25) is 0 Å². The predicted molar refractivity (Wildman–Crippen MR) is 61.0 cm³/mol. The quantitative estimate of drug-likeness (QED) is 0.810. The third kappa shape index (κ3) is 4.01.